The Kier molecular flexibility index (Phi) is 7.63. The Labute approximate surface area is 193 Å². The molecule has 1 amide bonds. The first-order chi connectivity index (χ1) is 15.0. The SMILES string of the molecule is COc1ccc(-n2c(SCC(=O)NCC#N)nnc2-c2cc(Cl)ccc2OC)cc1Cl. The van der Waals surface area contributed by atoms with Gasteiger partial charge in [-0.2, -0.15) is 5.26 Å². The molecule has 3 rings (SSSR count). The number of hydrogen-bond donors (Lipinski definition) is 1. The summed E-state index contributed by atoms with van der Waals surface area (Å²) >= 11 is 13.7. The van der Waals surface area contributed by atoms with E-state index in [-0.39, 0.29) is 18.2 Å². The van der Waals surface area contributed by atoms with Crippen molar-refractivity contribution in [3.05, 3.63) is 46.4 Å². The minimum absolute atomic E-state index is 0.0520. The number of carbonyl (C=O) groups excluding carboxylic acids is 1. The highest BCUT2D eigenvalue weighted by Crippen LogP contribution is 2.36. The summed E-state index contributed by atoms with van der Waals surface area (Å²) in [5.41, 5.74) is 1.28. The Bertz CT molecular complexity index is 1150. The lowest BCUT2D eigenvalue weighted by molar-refractivity contribution is -0.118. The molecule has 8 nitrogen and oxygen atoms in total. The van der Waals surface area contributed by atoms with Crippen LogP contribution in [0.1, 0.15) is 0 Å². The molecule has 1 N–H and O–H groups in total. The summed E-state index contributed by atoms with van der Waals surface area (Å²) < 4.78 is 12.5. The van der Waals surface area contributed by atoms with Crippen LogP contribution < -0.4 is 14.8 Å². The third-order valence-corrected chi connectivity index (χ3v) is 5.59. The number of nitrogens with one attached hydrogen (secondary N) is 1. The molecule has 31 heavy (non-hydrogen) atoms. The number of aromatic nitrogens is 3. The predicted molar refractivity (Wildman–Crippen MR) is 119 cm³/mol. The van der Waals surface area contributed by atoms with Gasteiger partial charge in [-0.15, -0.1) is 10.2 Å². The second-order valence-corrected chi connectivity index (χ2v) is 7.81. The molecule has 0 saturated carbocycles. The van der Waals surface area contributed by atoms with Crippen LogP contribution in [-0.4, -0.2) is 47.2 Å². The third kappa shape index (κ3) is 5.22. The van der Waals surface area contributed by atoms with Gasteiger partial charge < -0.3 is 14.8 Å². The quantitative estimate of drug-likeness (QED) is 0.386. The van der Waals surface area contributed by atoms with E-state index in [1.165, 1.54) is 18.9 Å². The van der Waals surface area contributed by atoms with Gasteiger partial charge in [-0.3, -0.25) is 9.36 Å². The molecule has 1 aromatic heterocycles. The Morgan fingerprint density at radius 3 is 2.58 bits per heavy atom. The molecule has 0 aliphatic rings. The zero-order valence-corrected chi connectivity index (χ0v) is 18.9. The van der Waals surface area contributed by atoms with Crippen LogP contribution in [0.5, 0.6) is 11.5 Å². The summed E-state index contributed by atoms with van der Waals surface area (Å²) in [6, 6.07) is 12.3. The van der Waals surface area contributed by atoms with Gasteiger partial charge in [-0.25, -0.2) is 0 Å². The number of methoxy groups -OCH3 is 2. The van der Waals surface area contributed by atoms with Gasteiger partial charge in [-0.1, -0.05) is 35.0 Å². The lowest BCUT2D eigenvalue weighted by Crippen LogP contribution is -2.25. The van der Waals surface area contributed by atoms with E-state index >= 15 is 0 Å². The lowest BCUT2D eigenvalue weighted by atomic mass is 10.2. The van der Waals surface area contributed by atoms with E-state index in [1.807, 2.05) is 6.07 Å². The second-order valence-electron chi connectivity index (χ2n) is 6.03. The average molecular weight is 478 g/mol. The number of amides is 1. The fourth-order valence-electron chi connectivity index (χ4n) is 2.74. The molecule has 1 heterocycles. The van der Waals surface area contributed by atoms with Crippen LogP contribution in [0.15, 0.2) is 41.6 Å². The first-order valence-electron chi connectivity index (χ1n) is 8.88. The summed E-state index contributed by atoms with van der Waals surface area (Å²) in [6.07, 6.45) is 0. The van der Waals surface area contributed by atoms with Crippen LogP contribution in [0.3, 0.4) is 0 Å². The first-order valence-corrected chi connectivity index (χ1v) is 10.6. The summed E-state index contributed by atoms with van der Waals surface area (Å²) in [7, 11) is 3.08. The number of carbonyl (C=O) groups is 1. The Hall–Kier alpha value is -2.93. The number of hydrogen-bond acceptors (Lipinski definition) is 7. The number of ether oxygens (including phenoxy) is 2. The van der Waals surface area contributed by atoms with Gasteiger partial charge in [0, 0.05) is 5.02 Å². The fourth-order valence-corrected chi connectivity index (χ4v) is 3.95. The lowest BCUT2D eigenvalue weighted by Gasteiger charge is -2.14. The van der Waals surface area contributed by atoms with Crippen molar-refractivity contribution in [2.45, 2.75) is 5.16 Å². The number of rotatable bonds is 8. The van der Waals surface area contributed by atoms with Crippen molar-refractivity contribution < 1.29 is 14.3 Å². The monoisotopic (exact) mass is 477 g/mol. The molecule has 2 aromatic carbocycles. The van der Waals surface area contributed by atoms with Crippen molar-refractivity contribution in [3.8, 4) is 34.6 Å². The minimum Gasteiger partial charge on any atom is -0.496 e. The second kappa shape index (κ2) is 10.4. The number of benzene rings is 2. The predicted octanol–water partition coefficient (Wildman–Crippen LogP) is 3.99. The molecule has 0 fully saturated rings. The van der Waals surface area contributed by atoms with E-state index in [9.17, 15) is 4.79 Å². The van der Waals surface area contributed by atoms with Crippen LogP contribution >= 0.6 is 35.0 Å². The zero-order chi connectivity index (χ0) is 22.4. The highest BCUT2D eigenvalue weighted by Gasteiger charge is 2.21. The summed E-state index contributed by atoms with van der Waals surface area (Å²) in [6.45, 7) is -0.0644. The van der Waals surface area contributed by atoms with Gasteiger partial charge in [0.15, 0.2) is 11.0 Å². The molecule has 0 bridgehead atoms. The maximum atomic E-state index is 12.0. The van der Waals surface area contributed by atoms with E-state index in [1.54, 1.807) is 48.1 Å². The molecule has 0 aliphatic carbocycles. The molecule has 0 radical (unpaired) electrons. The molecule has 0 unspecified atom stereocenters. The van der Waals surface area contributed by atoms with E-state index in [4.69, 9.17) is 37.9 Å². The van der Waals surface area contributed by atoms with Crippen LogP contribution in [0.25, 0.3) is 17.1 Å². The molecule has 160 valence electrons. The molecule has 0 aliphatic heterocycles. The van der Waals surface area contributed by atoms with E-state index in [0.717, 1.165) is 0 Å². The Morgan fingerprint density at radius 1 is 1.16 bits per heavy atom. The number of nitrogens with zero attached hydrogens (tertiary/aromatic N) is 4. The van der Waals surface area contributed by atoms with Crippen molar-refractivity contribution in [1.82, 2.24) is 20.1 Å². The minimum atomic E-state index is -0.296. The van der Waals surface area contributed by atoms with Crippen molar-refractivity contribution in [2.75, 3.05) is 26.5 Å². The Morgan fingerprint density at radius 2 is 1.90 bits per heavy atom. The van der Waals surface area contributed by atoms with Crippen molar-refractivity contribution in [3.63, 3.8) is 0 Å². The summed E-state index contributed by atoms with van der Waals surface area (Å²) in [5, 5.41) is 21.0. The zero-order valence-electron chi connectivity index (χ0n) is 16.6. The maximum absolute atomic E-state index is 12.0. The highest BCUT2D eigenvalue weighted by molar-refractivity contribution is 7.99. The van der Waals surface area contributed by atoms with Gasteiger partial charge in [0.2, 0.25) is 5.91 Å². The molecule has 0 atom stereocenters. The topological polar surface area (TPSA) is 102 Å². The van der Waals surface area contributed by atoms with Crippen LogP contribution in [0.4, 0.5) is 0 Å². The van der Waals surface area contributed by atoms with Crippen LogP contribution in [-0.2, 0) is 4.79 Å². The average Bonchev–Trinajstić information content (AvgIpc) is 3.19. The van der Waals surface area contributed by atoms with Crippen molar-refractivity contribution in [1.29, 1.82) is 5.26 Å². The number of nitriles is 1. The smallest absolute Gasteiger partial charge is 0.231 e. The van der Waals surface area contributed by atoms with Crippen molar-refractivity contribution >= 4 is 40.9 Å². The van der Waals surface area contributed by atoms with Gasteiger partial charge >= 0.3 is 0 Å². The van der Waals surface area contributed by atoms with E-state index < -0.39 is 0 Å². The summed E-state index contributed by atoms with van der Waals surface area (Å²) in [5.74, 6) is 1.29. The Balaban J connectivity index is 2.09. The van der Waals surface area contributed by atoms with E-state index in [0.29, 0.717) is 43.8 Å². The maximum Gasteiger partial charge on any atom is 0.231 e. The standard InChI is InChI=1S/C20H17Cl2N5O3S/c1-29-16-5-3-12(21)9-14(16)19-25-26-20(31-11-18(28)24-8-7-23)27(19)13-4-6-17(30-2)15(22)10-13/h3-6,9-10H,8,11H2,1-2H3,(H,24,28). The van der Waals surface area contributed by atoms with E-state index in [2.05, 4.69) is 15.5 Å². The van der Waals surface area contributed by atoms with Gasteiger partial charge in [0.25, 0.3) is 0 Å². The van der Waals surface area contributed by atoms with Gasteiger partial charge in [-0.05, 0) is 36.4 Å². The van der Waals surface area contributed by atoms with Gasteiger partial charge in [0.1, 0.15) is 18.0 Å². The fraction of sp³-hybridized carbons (Fsp3) is 0.200. The van der Waals surface area contributed by atoms with Gasteiger partial charge in [0.05, 0.1) is 42.3 Å². The summed E-state index contributed by atoms with van der Waals surface area (Å²) in [4.78, 5) is 12.0. The molecular weight excluding hydrogens is 461 g/mol. The number of halogens is 2. The first kappa shape index (κ1) is 22.7. The molecule has 0 spiro atoms. The largest absolute Gasteiger partial charge is 0.496 e. The molecular formula is C20H17Cl2N5O3S. The molecule has 3 aromatic rings. The number of thioether (sulfide) groups is 1. The highest BCUT2D eigenvalue weighted by atomic mass is 35.5. The van der Waals surface area contributed by atoms with Crippen LogP contribution in [0, 0.1) is 11.3 Å². The van der Waals surface area contributed by atoms with Crippen LogP contribution in [0.2, 0.25) is 10.0 Å². The third-order valence-electron chi connectivity index (χ3n) is 4.13. The normalized spacial score (nSPS) is 10.4. The molecule has 0 saturated heterocycles. The van der Waals surface area contributed by atoms with Crippen molar-refractivity contribution in [2.24, 2.45) is 0 Å². The molecule has 11 heteroatoms.